The van der Waals surface area contributed by atoms with Gasteiger partial charge in [0.15, 0.2) is 0 Å². The van der Waals surface area contributed by atoms with Gasteiger partial charge in [-0.2, -0.15) is 4.31 Å². The molecule has 9 heteroatoms. The van der Waals surface area contributed by atoms with Gasteiger partial charge in [-0.15, -0.1) is 0 Å². The number of methoxy groups -OCH3 is 1. The zero-order valence-electron chi connectivity index (χ0n) is 11.7. The van der Waals surface area contributed by atoms with E-state index in [1.54, 1.807) is 0 Å². The number of nitrogens with zero attached hydrogens (tertiary/aromatic N) is 1. The summed E-state index contributed by atoms with van der Waals surface area (Å²) < 4.78 is 43.8. The van der Waals surface area contributed by atoms with Crippen LogP contribution in [-0.2, 0) is 19.6 Å². The number of aliphatic carboxylic acids is 1. The number of carboxylic acids is 1. The minimum absolute atomic E-state index is 0.0251. The van der Waals surface area contributed by atoms with Crippen LogP contribution in [0.25, 0.3) is 0 Å². The van der Waals surface area contributed by atoms with Crippen molar-refractivity contribution in [3.8, 4) is 0 Å². The van der Waals surface area contributed by atoms with E-state index >= 15 is 0 Å². The molecule has 0 spiro atoms. The average molecular weight is 331 g/mol. The molecule has 1 saturated heterocycles. The summed E-state index contributed by atoms with van der Waals surface area (Å²) in [5.41, 5.74) is -0.415. The highest BCUT2D eigenvalue weighted by molar-refractivity contribution is 7.89. The van der Waals surface area contributed by atoms with Crippen LogP contribution in [0.4, 0.5) is 4.39 Å². The molecule has 1 aliphatic rings. The van der Waals surface area contributed by atoms with Gasteiger partial charge in [-0.3, -0.25) is 4.79 Å². The number of benzene rings is 1. The maximum absolute atomic E-state index is 13.3. The van der Waals surface area contributed by atoms with Gasteiger partial charge in [-0.25, -0.2) is 17.6 Å². The summed E-state index contributed by atoms with van der Waals surface area (Å²) in [6.45, 7) is -0.160. The summed E-state index contributed by atoms with van der Waals surface area (Å²) in [5.74, 6) is -3.63. The second-order valence-corrected chi connectivity index (χ2v) is 6.73. The van der Waals surface area contributed by atoms with Crippen LogP contribution in [0.5, 0.6) is 0 Å². The maximum Gasteiger partial charge on any atom is 0.339 e. The molecule has 1 atom stereocenters. The lowest BCUT2D eigenvalue weighted by molar-refractivity contribution is -0.141. The summed E-state index contributed by atoms with van der Waals surface area (Å²) in [5, 5.41) is 8.94. The predicted molar refractivity (Wildman–Crippen MR) is 72.2 cm³/mol. The first-order valence-electron chi connectivity index (χ1n) is 6.38. The zero-order valence-corrected chi connectivity index (χ0v) is 12.5. The highest BCUT2D eigenvalue weighted by atomic mass is 32.2. The molecule has 0 aromatic heterocycles. The first-order chi connectivity index (χ1) is 10.3. The third kappa shape index (κ3) is 2.95. The van der Waals surface area contributed by atoms with Crippen LogP contribution >= 0.6 is 0 Å². The van der Waals surface area contributed by atoms with E-state index in [4.69, 9.17) is 5.11 Å². The Labute approximate surface area is 126 Å². The van der Waals surface area contributed by atoms with Crippen molar-refractivity contribution < 1.29 is 32.2 Å². The number of carbonyl (C=O) groups is 2. The van der Waals surface area contributed by atoms with Gasteiger partial charge in [-0.05, 0) is 24.6 Å². The monoisotopic (exact) mass is 331 g/mol. The standard InChI is InChI=1S/C13H14FNO6S/c1-21-13(18)10-6-9(14)2-3-11(10)22(19,20)15-5-4-8(7-15)12(16)17/h2-3,6,8H,4-5,7H2,1H3,(H,16,17). The topological polar surface area (TPSA) is 101 Å². The van der Waals surface area contributed by atoms with Crippen molar-refractivity contribution >= 4 is 22.0 Å². The molecule has 0 amide bonds. The van der Waals surface area contributed by atoms with Crippen LogP contribution in [0.1, 0.15) is 16.8 Å². The smallest absolute Gasteiger partial charge is 0.339 e. The largest absolute Gasteiger partial charge is 0.481 e. The molecule has 0 radical (unpaired) electrons. The Balaban J connectivity index is 2.42. The molecule has 1 aliphatic heterocycles. The number of sulfonamides is 1. The number of rotatable bonds is 4. The first-order valence-corrected chi connectivity index (χ1v) is 7.82. The van der Waals surface area contributed by atoms with E-state index in [0.29, 0.717) is 0 Å². The molecular formula is C13H14FNO6S. The van der Waals surface area contributed by atoms with E-state index in [0.717, 1.165) is 29.6 Å². The number of ether oxygens (including phenoxy) is 1. The molecule has 1 heterocycles. The number of hydrogen-bond donors (Lipinski definition) is 1. The van der Waals surface area contributed by atoms with E-state index in [2.05, 4.69) is 4.74 Å². The molecule has 0 bridgehead atoms. The van der Waals surface area contributed by atoms with Crippen LogP contribution in [0.2, 0.25) is 0 Å². The molecule has 22 heavy (non-hydrogen) atoms. The Hall–Kier alpha value is -2.00. The van der Waals surface area contributed by atoms with Crippen LogP contribution in [-0.4, -0.2) is 50.0 Å². The summed E-state index contributed by atoms with van der Waals surface area (Å²) in [7, 11) is -3.05. The maximum atomic E-state index is 13.3. The van der Waals surface area contributed by atoms with Gasteiger partial charge in [0.25, 0.3) is 0 Å². The normalized spacial score (nSPS) is 19.1. The zero-order chi connectivity index (χ0) is 16.5. The Morgan fingerprint density at radius 2 is 2.09 bits per heavy atom. The van der Waals surface area contributed by atoms with Crippen LogP contribution < -0.4 is 0 Å². The Kier molecular flexibility index (Phi) is 4.47. The van der Waals surface area contributed by atoms with E-state index in [1.165, 1.54) is 0 Å². The molecule has 1 N–H and O–H groups in total. The van der Waals surface area contributed by atoms with E-state index in [-0.39, 0.29) is 19.5 Å². The fourth-order valence-corrected chi connectivity index (χ4v) is 3.94. The van der Waals surface area contributed by atoms with Crippen molar-refractivity contribution in [2.24, 2.45) is 5.92 Å². The highest BCUT2D eigenvalue weighted by Crippen LogP contribution is 2.27. The molecule has 2 rings (SSSR count). The lowest BCUT2D eigenvalue weighted by Gasteiger charge is -2.17. The van der Waals surface area contributed by atoms with Crippen LogP contribution in [0, 0.1) is 11.7 Å². The summed E-state index contributed by atoms with van der Waals surface area (Å²) in [4.78, 5) is 22.2. The van der Waals surface area contributed by atoms with Gasteiger partial charge in [0.1, 0.15) is 5.82 Å². The third-order valence-electron chi connectivity index (χ3n) is 3.46. The van der Waals surface area contributed by atoms with Crippen molar-refractivity contribution in [3.63, 3.8) is 0 Å². The highest BCUT2D eigenvalue weighted by Gasteiger charge is 2.37. The lowest BCUT2D eigenvalue weighted by atomic mass is 10.1. The van der Waals surface area contributed by atoms with Gasteiger partial charge >= 0.3 is 11.9 Å². The summed E-state index contributed by atoms with van der Waals surface area (Å²) in [6.07, 6.45) is 0.184. The van der Waals surface area contributed by atoms with E-state index in [1.807, 2.05) is 0 Å². The molecule has 7 nitrogen and oxygen atoms in total. The summed E-state index contributed by atoms with van der Waals surface area (Å²) in [6, 6.07) is 2.68. The Morgan fingerprint density at radius 3 is 2.64 bits per heavy atom. The second kappa shape index (κ2) is 6.01. The van der Waals surface area contributed by atoms with Crippen LogP contribution in [0.3, 0.4) is 0 Å². The first kappa shape index (κ1) is 16.4. The molecule has 1 fully saturated rings. The second-order valence-electron chi connectivity index (χ2n) is 4.82. The average Bonchev–Trinajstić information content (AvgIpc) is 2.96. The van der Waals surface area contributed by atoms with Crippen molar-refractivity contribution in [3.05, 3.63) is 29.6 Å². The van der Waals surface area contributed by atoms with Gasteiger partial charge in [0, 0.05) is 13.1 Å². The fourth-order valence-electron chi connectivity index (χ4n) is 2.28. The van der Waals surface area contributed by atoms with Gasteiger partial charge < -0.3 is 9.84 Å². The number of esters is 1. The number of halogens is 1. The lowest BCUT2D eigenvalue weighted by Crippen LogP contribution is -2.31. The Morgan fingerprint density at radius 1 is 1.41 bits per heavy atom. The molecule has 1 aromatic carbocycles. The molecular weight excluding hydrogens is 317 g/mol. The molecule has 1 aromatic rings. The SMILES string of the molecule is COC(=O)c1cc(F)ccc1S(=O)(=O)N1CCC(C(=O)O)C1. The van der Waals surface area contributed by atoms with E-state index in [9.17, 15) is 22.4 Å². The predicted octanol–water partition coefficient (Wildman–Crippen LogP) is 0.708. The molecule has 0 saturated carbocycles. The molecule has 1 unspecified atom stereocenters. The van der Waals surface area contributed by atoms with Gasteiger partial charge in [-0.1, -0.05) is 0 Å². The number of carbonyl (C=O) groups excluding carboxylic acids is 1. The Bertz CT molecular complexity index is 717. The van der Waals surface area contributed by atoms with Crippen molar-refractivity contribution in [1.82, 2.24) is 4.31 Å². The number of carboxylic acid groups (broad SMARTS) is 1. The summed E-state index contributed by atoms with van der Waals surface area (Å²) >= 11 is 0. The van der Waals surface area contributed by atoms with Gasteiger partial charge in [0.2, 0.25) is 10.0 Å². The van der Waals surface area contributed by atoms with Crippen molar-refractivity contribution in [2.45, 2.75) is 11.3 Å². The van der Waals surface area contributed by atoms with Crippen molar-refractivity contribution in [2.75, 3.05) is 20.2 Å². The van der Waals surface area contributed by atoms with E-state index < -0.39 is 44.2 Å². The molecule has 0 aliphatic carbocycles. The fraction of sp³-hybridized carbons (Fsp3) is 0.385. The minimum atomic E-state index is -4.11. The third-order valence-corrected chi connectivity index (χ3v) is 5.39. The minimum Gasteiger partial charge on any atom is -0.481 e. The van der Waals surface area contributed by atoms with Crippen molar-refractivity contribution in [1.29, 1.82) is 0 Å². The van der Waals surface area contributed by atoms with Crippen LogP contribution in [0.15, 0.2) is 23.1 Å². The van der Waals surface area contributed by atoms with Gasteiger partial charge in [0.05, 0.1) is 23.5 Å². The molecule has 120 valence electrons. The number of hydrogen-bond acceptors (Lipinski definition) is 5. The quantitative estimate of drug-likeness (QED) is 0.815.